The Balaban J connectivity index is 1.53. The monoisotopic (exact) mass is 507 g/mol. The number of unbranched alkanes of at least 4 members (excludes halogenated alkanes) is 1. The number of rotatable bonds is 10. The van der Waals surface area contributed by atoms with Crippen molar-refractivity contribution in [1.29, 1.82) is 0 Å². The molecular weight excluding hydrogens is 470 g/mol. The van der Waals surface area contributed by atoms with Crippen molar-refractivity contribution in [2.24, 2.45) is 0 Å². The SMILES string of the molecule is CCC(=O)c1cc(C(=O)CCCCN2CCN(C(=O)OC(C)(C)C)CC2=O)cc(Cc2ccccc2)n1. The Morgan fingerprint density at radius 2 is 1.73 bits per heavy atom. The maximum Gasteiger partial charge on any atom is 0.410 e. The van der Waals surface area contributed by atoms with E-state index in [2.05, 4.69) is 4.98 Å². The molecule has 0 aliphatic carbocycles. The van der Waals surface area contributed by atoms with Crippen LogP contribution in [0.15, 0.2) is 42.5 Å². The highest BCUT2D eigenvalue weighted by atomic mass is 16.6. The van der Waals surface area contributed by atoms with Crippen molar-refractivity contribution in [2.75, 3.05) is 26.2 Å². The van der Waals surface area contributed by atoms with Crippen LogP contribution in [-0.2, 0) is 16.0 Å². The molecule has 2 aromatic rings. The molecule has 1 aromatic heterocycles. The Kier molecular flexibility index (Phi) is 9.55. The van der Waals surface area contributed by atoms with Gasteiger partial charge < -0.3 is 9.64 Å². The topological polar surface area (TPSA) is 96.9 Å². The predicted octanol–water partition coefficient (Wildman–Crippen LogP) is 4.70. The van der Waals surface area contributed by atoms with Gasteiger partial charge in [0.2, 0.25) is 5.91 Å². The van der Waals surface area contributed by atoms with Gasteiger partial charge in [0.15, 0.2) is 11.6 Å². The van der Waals surface area contributed by atoms with Gasteiger partial charge in [-0.05, 0) is 51.3 Å². The van der Waals surface area contributed by atoms with Gasteiger partial charge in [-0.2, -0.15) is 0 Å². The lowest BCUT2D eigenvalue weighted by molar-refractivity contribution is -0.135. The number of piperazine rings is 1. The van der Waals surface area contributed by atoms with Crippen LogP contribution in [0.2, 0.25) is 0 Å². The van der Waals surface area contributed by atoms with Crippen molar-refractivity contribution >= 4 is 23.6 Å². The fourth-order valence-electron chi connectivity index (χ4n) is 4.13. The molecule has 1 fully saturated rings. The summed E-state index contributed by atoms with van der Waals surface area (Å²) >= 11 is 0. The predicted molar refractivity (Wildman–Crippen MR) is 141 cm³/mol. The molecule has 2 heterocycles. The number of benzene rings is 1. The van der Waals surface area contributed by atoms with Crippen molar-refractivity contribution in [3.63, 3.8) is 0 Å². The number of ether oxygens (including phenoxy) is 1. The second-order valence-corrected chi connectivity index (χ2v) is 10.3. The fraction of sp³-hybridized carbons (Fsp3) is 0.483. The highest BCUT2D eigenvalue weighted by Gasteiger charge is 2.30. The van der Waals surface area contributed by atoms with E-state index in [4.69, 9.17) is 4.74 Å². The second kappa shape index (κ2) is 12.6. The second-order valence-electron chi connectivity index (χ2n) is 10.3. The van der Waals surface area contributed by atoms with Gasteiger partial charge >= 0.3 is 6.09 Å². The number of amides is 2. The Labute approximate surface area is 219 Å². The van der Waals surface area contributed by atoms with Crippen molar-refractivity contribution in [3.05, 3.63) is 65.0 Å². The normalized spacial score (nSPS) is 14.0. The van der Waals surface area contributed by atoms with E-state index in [1.807, 2.05) is 30.3 Å². The van der Waals surface area contributed by atoms with E-state index in [0.29, 0.717) is 68.7 Å². The van der Waals surface area contributed by atoms with E-state index in [0.717, 1.165) is 5.56 Å². The minimum atomic E-state index is -0.606. The highest BCUT2D eigenvalue weighted by Crippen LogP contribution is 2.17. The molecule has 8 nitrogen and oxygen atoms in total. The van der Waals surface area contributed by atoms with Crippen LogP contribution in [0.5, 0.6) is 0 Å². The average Bonchev–Trinajstić information content (AvgIpc) is 2.86. The lowest BCUT2D eigenvalue weighted by Crippen LogP contribution is -2.53. The average molecular weight is 508 g/mol. The first-order chi connectivity index (χ1) is 17.6. The first-order valence-corrected chi connectivity index (χ1v) is 12.9. The fourth-order valence-corrected chi connectivity index (χ4v) is 4.13. The van der Waals surface area contributed by atoms with E-state index >= 15 is 0 Å². The van der Waals surface area contributed by atoms with Gasteiger partial charge in [-0.25, -0.2) is 9.78 Å². The van der Waals surface area contributed by atoms with Crippen molar-refractivity contribution in [2.45, 2.75) is 65.4 Å². The van der Waals surface area contributed by atoms with Crippen LogP contribution >= 0.6 is 0 Å². The number of nitrogens with zero attached hydrogens (tertiary/aromatic N) is 3. The maximum absolute atomic E-state index is 13.0. The molecule has 198 valence electrons. The lowest BCUT2D eigenvalue weighted by Gasteiger charge is -2.35. The molecule has 0 N–H and O–H groups in total. The molecule has 1 saturated heterocycles. The summed E-state index contributed by atoms with van der Waals surface area (Å²) in [7, 11) is 0. The molecule has 0 radical (unpaired) electrons. The lowest BCUT2D eigenvalue weighted by atomic mass is 10.0. The van der Waals surface area contributed by atoms with Crippen LogP contribution < -0.4 is 0 Å². The van der Waals surface area contributed by atoms with Crippen molar-refractivity contribution in [1.82, 2.24) is 14.8 Å². The zero-order valence-corrected chi connectivity index (χ0v) is 22.3. The number of carbonyl (C=O) groups excluding carboxylic acids is 4. The maximum atomic E-state index is 13.0. The Morgan fingerprint density at radius 3 is 2.38 bits per heavy atom. The van der Waals surface area contributed by atoms with Crippen LogP contribution in [-0.4, -0.2) is 70.1 Å². The molecule has 1 aliphatic rings. The molecule has 37 heavy (non-hydrogen) atoms. The molecule has 1 aliphatic heterocycles. The molecule has 1 aromatic carbocycles. The number of Topliss-reactive ketones (excluding diaryl/α,β-unsaturated/α-hetero) is 2. The summed E-state index contributed by atoms with van der Waals surface area (Å²) in [5, 5.41) is 0. The zero-order chi connectivity index (χ0) is 27.0. The van der Waals surface area contributed by atoms with Gasteiger partial charge in [0, 0.05) is 50.2 Å². The van der Waals surface area contributed by atoms with Crippen LogP contribution in [0, 0.1) is 0 Å². The quantitative estimate of drug-likeness (QED) is 0.342. The van der Waals surface area contributed by atoms with Gasteiger partial charge in [0.25, 0.3) is 0 Å². The molecule has 0 bridgehead atoms. The number of ketones is 2. The molecule has 0 unspecified atom stereocenters. The third-order valence-corrected chi connectivity index (χ3v) is 6.09. The van der Waals surface area contributed by atoms with Crippen LogP contribution in [0.1, 0.15) is 85.5 Å². The van der Waals surface area contributed by atoms with E-state index in [9.17, 15) is 19.2 Å². The van der Waals surface area contributed by atoms with Gasteiger partial charge in [-0.15, -0.1) is 0 Å². The minimum absolute atomic E-state index is 0.00326. The number of hydrogen-bond acceptors (Lipinski definition) is 6. The Morgan fingerprint density at radius 1 is 1.00 bits per heavy atom. The number of carbonyl (C=O) groups is 4. The van der Waals surface area contributed by atoms with E-state index in [-0.39, 0.29) is 24.0 Å². The standard InChI is InChI=1S/C29H37N3O5/c1-5-25(33)24-19-22(18-23(30-24)17-21-11-7-6-8-12-21)26(34)13-9-10-14-31-15-16-32(20-27(31)35)28(36)37-29(2,3)4/h6-8,11-12,18-19H,5,9-10,13-17,20H2,1-4H3. The zero-order valence-electron chi connectivity index (χ0n) is 22.3. The summed E-state index contributed by atoms with van der Waals surface area (Å²) in [5.41, 5.74) is 1.98. The van der Waals surface area contributed by atoms with Gasteiger partial charge in [0.05, 0.1) is 0 Å². The number of aromatic nitrogens is 1. The van der Waals surface area contributed by atoms with Crippen LogP contribution in [0.3, 0.4) is 0 Å². The minimum Gasteiger partial charge on any atom is -0.444 e. The molecule has 0 atom stereocenters. The Hall–Kier alpha value is -3.55. The summed E-state index contributed by atoms with van der Waals surface area (Å²) in [4.78, 5) is 57.7. The highest BCUT2D eigenvalue weighted by molar-refractivity contribution is 6.00. The summed E-state index contributed by atoms with van der Waals surface area (Å²) in [6.45, 7) is 8.57. The van der Waals surface area contributed by atoms with Crippen LogP contribution in [0.25, 0.3) is 0 Å². The molecule has 8 heteroatoms. The van der Waals surface area contributed by atoms with E-state index in [1.54, 1.807) is 44.7 Å². The summed E-state index contributed by atoms with van der Waals surface area (Å²) in [6.07, 6.45) is 2.00. The Bertz CT molecular complexity index is 1120. The number of hydrogen-bond donors (Lipinski definition) is 0. The van der Waals surface area contributed by atoms with Gasteiger partial charge in [-0.1, -0.05) is 37.3 Å². The smallest absolute Gasteiger partial charge is 0.410 e. The van der Waals surface area contributed by atoms with Crippen molar-refractivity contribution < 1.29 is 23.9 Å². The first kappa shape index (κ1) is 28.0. The molecule has 0 saturated carbocycles. The molecule has 3 rings (SSSR count). The largest absolute Gasteiger partial charge is 0.444 e. The van der Waals surface area contributed by atoms with Crippen LogP contribution in [0.4, 0.5) is 4.79 Å². The summed E-state index contributed by atoms with van der Waals surface area (Å²) in [5.74, 6) is -0.248. The molecular formula is C29H37N3O5. The van der Waals surface area contributed by atoms with Gasteiger partial charge in [-0.3, -0.25) is 19.3 Å². The van der Waals surface area contributed by atoms with E-state index in [1.165, 1.54) is 4.90 Å². The first-order valence-electron chi connectivity index (χ1n) is 12.9. The molecule has 2 amide bonds. The van der Waals surface area contributed by atoms with E-state index < -0.39 is 11.7 Å². The summed E-state index contributed by atoms with van der Waals surface area (Å²) in [6, 6.07) is 13.2. The van der Waals surface area contributed by atoms with Gasteiger partial charge in [0.1, 0.15) is 17.8 Å². The van der Waals surface area contributed by atoms with Crippen molar-refractivity contribution in [3.8, 4) is 0 Å². The summed E-state index contributed by atoms with van der Waals surface area (Å²) < 4.78 is 5.35. The number of pyridine rings is 1. The third kappa shape index (κ3) is 8.51. The molecule has 0 spiro atoms. The third-order valence-electron chi connectivity index (χ3n) is 6.09.